The first kappa shape index (κ1) is 11.9. The monoisotopic (exact) mass is 236 g/mol. The predicted octanol–water partition coefficient (Wildman–Crippen LogP) is 1.05. The fourth-order valence-electron chi connectivity index (χ4n) is 1.84. The smallest absolute Gasteiger partial charge is 0.245 e. The SMILES string of the molecule is COCC(C)Oc1ccc2c(c1)NC(=O)C2N. The maximum absolute atomic E-state index is 11.4. The lowest BCUT2D eigenvalue weighted by molar-refractivity contribution is -0.116. The molecule has 3 N–H and O–H groups in total. The molecule has 1 aromatic carbocycles. The molecule has 17 heavy (non-hydrogen) atoms. The van der Waals surface area contributed by atoms with Gasteiger partial charge in [0, 0.05) is 24.4 Å². The predicted molar refractivity (Wildman–Crippen MR) is 64.0 cm³/mol. The molecule has 1 aromatic rings. The lowest BCUT2D eigenvalue weighted by atomic mass is 10.1. The van der Waals surface area contributed by atoms with Gasteiger partial charge in [-0.3, -0.25) is 4.79 Å². The van der Waals surface area contributed by atoms with E-state index in [0.717, 1.165) is 11.3 Å². The van der Waals surface area contributed by atoms with Crippen molar-refractivity contribution in [3.63, 3.8) is 0 Å². The number of hydrogen-bond acceptors (Lipinski definition) is 4. The van der Waals surface area contributed by atoms with Gasteiger partial charge in [-0.2, -0.15) is 0 Å². The highest BCUT2D eigenvalue weighted by molar-refractivity contribution is 6.02. The van der Waals surface area contributed by atoms with E-state index in [1.807, 2.05) is 19.1 Å². The van der Waals surface area contributed by atoms with Crippen LogP contribution in [0.25, 0.3) is 0 Å². The molecule has 5 heteroatoms. The first-order valence-electron chi connectivity index (χ1n) is 5.48. The van der Waals surface area contributed by atoms with Crippen LogP contribution in [0, 0.1) is 0 Å². The Morgan fingerprint density at radius 2 is 2.29 bits per heavy atom. The molecule has 2 atom stereocenters. The molecule has 0 radical (unpaired) electrons. The number of nitrogens with two attached hydrogens (primary N) is 1. The molecule has 2 rings (SSSR count). The molecule has 5 nitrogen and oxygen atoms in total. The summed E-state index contributed by atoms with van der Waals surface area (Å²) in [6.45, 7) is 2.43. The minimum Gasteiger partial charge on any atom is -0.488 e. The van der Waals surface area contributed by atoms with Crippen LogP contribution in [0.15, 0.2) is 18.2 Å². The van der Waals surface area contributed by atoms with Gasteiger partial charge >= 0.3 is 0 Å². The number of anilines is 1. The van der Waals surface area contributed by atoms with Gasteiger partial charge in [0.2, 0.25) is 5.91 Å². The summed E-state index contributed by atoms with van der Waals surface area (Å²) >= 11 is 0. The third-order valence-corrected chi connectivity index (χ3v) is 2.64. The van der Waals surface area contributed by atoms with E-state index in [1.165, 1.54) is 0 Å². The summed E-state index contributed by atoms with van der Waals surface area (Å²) in [4.78, 5) is 11.4. The maximum Gasteiger partial charge on any atom is 0.245 e. The summed E-state index contributed by atoms with van der Waals surface area (Å²) < 4.78 is 10.6. The summed E-state index contributed by atoms with van der Waals surface area (Å²) in [6, 6.07) is 4.83. The summed E-state index contributed by atoms with van der Waals surface area (Å²) in [7, 11) is 1.63. The summed E-state index contributed by atoms with van der Waals surface area (Å²) in [5, 5.41) is 2.72. The Bertz CT molecular complexity index is 434. The minimum absolute atomic E-state index is 0.0381. The lowest BCUT2D eigenvalue weighted by Gasteiger charge is -2.14. The van der Waals surface area contributed by atoms with Crippen molar-refractivity contribution < 1.29 is 14.3 Å². The normalized spacial score (nSPS) is 19.7. The number of fused-ring (bicyclic) bond motifs is 1. The van der Waals surface area contributed by atoms with Crippen molar-refractivity contribution >= 4 is 11.6 Å². The number of nitrogens with one attached hydrogen (secondary N) is 1. The highest BCUT2D eigenvalue weighted by Crippen LogP contribution is 2.32. The second kappa shape index (κ2) is 4.73. The summed E-state index contributed by atoms with van der Waals surface area (Å²) in [5.74, 6) is 0.518. The van der Waals surface area contributed by atoms with E-state index < -0.39 is 6.04 Å². The van der Waals surface area contributed by atoms with Gasteiger partial charge < -0.3 is 20.5 Å². The van der Waals surface area contributed by atoms with Gasteiger partial charge in [0.25, 0.3) is 0 Å². The number of methoxy groups -OCH3 is 1. The molecule has 92 valence electrons. The molecule has 0 saturated heterocycles. The van der Waals surface area contributed by atoms with Crippen molar-refractivity contribution in [3.05, 3.63) is 23.8 Å². The van der Waals surface area contributed by atoms with Crippen molar-refractivity contribution in [1.82, 2.24) is 0 Å². The van der Waals surface area contributed by atoms with Crippen LogP contribution < -0.4 is 15.8 Å². The molecule has 0 fully saturated rings. The Morgan fingerprint density at radius 1 is 1.53 bits per heavy atom. The van der Waals surface area contributed by atoms with Crippen LogP contribution in [0.5, 0.6) is 5.75 Å². The fourth-order valence-corrected chi connectivity index (χ4v) is 1.84. The molecular formula is C12H16N2O3. The van der Waals surface area contributed by atoms with Gasteiger partial charge in [-0.1, -0.05) is 6.07 Å². The highest BCUT2D eigenvalue weighted by Gasteiger charge is 2.27. The average molecular weight is 236 g/mol. The Morgan fingerprint density at radius 3 is 3.00 bits per heavy atom. The maximum atomic E-state index is 11.4. The van der Waals surface area contributed by atoms with E-state index in [4.69, 9.17) is 15.2 Å². The minimum atomic E-state index is -0.574. The number of benzene rings is 1. The third-order valence-electron chi connectivity index (χ3n) is 2.64. The van der Waals surface area contributed by atoms with Crippen molar-refractivity contribution in [1.29, 1.82) is 0 Å². The van der Waals surface area contributed by atoms with E-state index in [0.29, 0.717) is 12.4 Å². The lowest BCUT2D eigenvalue weighted by Crippen LogP contribution is -2.19. The first-order chi connectivity index (χ1) is 8.11. The molecule has 0 spiro atoms. The van der Waals surface area contributed by atoms with Crippen LogP contribution >= 0.6 is 0 Å². The average Bonchev–Trinajstić information content (AvgIpc) is 2.55. The van der Waals surface area contributed by atoms with Crippen LogP contribution in [0.3, 0.4) is 0 Å². The number of carbonyl (C=O) groups is 1. The highest BCUT2D eigenvalue weighted by atomic mass is 16.5. The van der Waals surface area contributed by atoms with Gasteiger partial charge in [-0.05, 0) is 13.0 Å². The standard InChI is InChI=1S/C12H16N2O3/c1-7(6-16-2)17-8-3-4-9-10(5-8)14-12(15)11(9)13/h3-5,7,11H,6,13H2,1-2H3,(H,14,15). The zero-order chi connectivity index (χ0) is 12.4. The van der Waals surface area contributed by atoms with Crippen molar-refractivity contribution in [3.8, 4) is 5.75 Å². The molecule has 1 heterocycles. The van der Waals surface area contributed by atoms with Gasteiger partial charge in [0.05, 0.1) is 6.61 Å². The molecule has 1 aliphatic rings. The van der Waals surface area contributed by atoms with Crippen molar-refractivity contribution in [2.24, 2.45) is 5.73 Å². The number of carbonyl (C=O) groups excluding carboxylic acids is 1. The molecule has 0 bridgehead atoms. The Hall–Kier alpha value is -1.59. The van der Waals surface area contributed by atoms with Crippen LogP contribution in [0.2, 0.25) is 0 Å². The van der Waals surface area contributed by atoms with E-state index >= 15 is 0 Å². The third kappa shape index (κ3) is 2.40. The van der Waals surface area contributed by atoms with Crippen molar-refractivity contribution in [2.75, 3.05) is 19.0 Å². The molecular weight excluding hydrogens is 220 g/mol. The van der Waals surface area contributed by atoms with Crippen LogP contribution in [-0.2, 0) is 9.53 Å². The zero-order valence-electron chi connectivity index (χ0n) is 9.90. The number of hydrogen-bond donors (Lipinski definition) is 2. The summed E-state index contributed by atoms with van der Waals surface area (Å²) in [5.41, 5.74) is 7.25. The zero-order valence-corrected chi connectivity index (χ0v) is 9.90. The van der Waals surface area contributed by atoms with Crippen LogP contribution in [0.1, 0.15) is 18.5 Å². The van der Waals surface area contributed by atoms with E-state index in [9.17, 15) is 4.79 Å². The number of rotatable bonds is 4. The van der Waals surface area contributed by atoms with E-state index in [-0.39, 0.29) is 12.0 Å². The molecule has 0 saturated carbocycles. The van der Waals surface area contributed by atoms with E-state index in [1.54, 1.807) is 13.2 Å². The second-order valence-electron chi connectivity index (χ2n) is 4.10. The second-order valence-corrected chi connectivity index (χ2v) is 4.10. The van der Waals surface area contributed by atoms with E-state index in [2.05, 4.69) is 5.32 Å². The van der Waals surface area contributed by atoms with Crippen LogP contribution in [0.4, 0.5) is 5.69 Å². The summed E-state index contributed by atoms with van der Waals surface area (Å²) in [6.07, 6.45) is -0.0381. The first-order valence-corrected chi connectivity index (χ1v) is 5.48. The number of ether oxygens (including phenoxy) is 2. The molecule has 0 aliphatic carbocycles. The van der Waals surface area contributed by atoms with Gasteiger partial charge in [-0.15, -0.1) is 0 Å². The Balaban J connectivity index is 2.13. The fraction of sp³-hybridized carbons (Fsp3) is 0.417. The van der Waals surface area contributed by atoms with Gasteiger partial charge in [0.1, 0.15) is 17.9 Å². The molecule has 1 amide bonds. The van der Waals surface area contributed by atoms with Gasteiger partial charge in [-0.25, -0.2) is 0 Å². The quantitative estimate of drug-likeness (QED) is 0.819. The number of amides is 1. The van der Waals surface area contributed by atoms with Gasteiger partial charge in [0.15, 0.2) is 0 Å². The molecule has 0 aromatic heterocycles. The molecule has 2 unspecified atom stereocenters. The van der Waals surface area contributed by atoms with Crippen LogP contribution in [-0.4, -0.2) is 25.7 Å². The Kier molecular flexibility index (Phi) is 3.31. The topological polar surface area (TPSA) is 73.6 Å². The largest absolute Gasteiger partial charge is 0.488 e. The van der Waals surface area contributed by atoms with Crippen molar-refractivity contribution in [2.45, 2.75) is 19.1 Å². The molecule has 1 aliphatic heterocycles. The Labute approximate surface area is 99.9 Å².